The van der Waals surface area contributed by atoms with Gasteiger partial charge in [0.2, 0.25) is 0 Å². The molecule has 0 aromatic rings. The van der Waals surface area contributed by atoms with Gasteiger partial charge in [0.25, 0.3) is 0 Å². The SMILES string of the molecule is CCC(CCN1CCN(C)CC1)C(=O)O. The van der Waals surface area contributed by atoms with Crippen LogP contribution < -0.4 is 0 Å². The van der Waals surface area contributed by atoms with Crippen molar-refractivity contribution in [3.05, 3.63) is 0 Å². The Hall–Kier alpha value is -0.610. The van der Waals surface area contributed by atoms with E-state index >= 15 is 0 Å². The van der Waals surface area contributed by atoms with Crippen LogP contribution in [0.4, 0.5) is 0 Å². The molecule has 1 N–H and O–H groups in total. The van der Waals surface area contributed by atoms with Crippen LogP contribution in [-0.2, 0) is 4.79 Å². The number of carbonyl (C=O) groups is 1. The fourth-order valence-electron chi connectivity index (χ4n) is 1.91. The summed E-state index contributed by atoms with van der Waals surface area (Å²) in [5.74, 6) is -0.809. The molecule has 0 radical (unpaired) electrons. The molecule has 1 unspecified atom stereocenters. The fourth-order valence-corrected chi connectivity index (χ4v) is 1.91. The highest BCUT2D eigenvalue weighted by atomic mass is 16.4. The Morgan fingerprint density at radius 2 is 1.93 bits per heavy atom. The van der Waals surface area contributed by atoms with E-state index in [0.29, 0.717) is 0 Å². The Bertz CT molecular complexity index is 201. The van der Waals surface area contributed by atoms with E-state index in [-0.39, 0.29) is 5.92 Å². The van der Waals surface area contributed by atoms with Crippen molar-refractivity contribution in [3.63, 3.8) is 0 Å². The number of rotatable bonds is 5. The summed E-state index contributed by atoms with van der Waals surface area (Å²) in [5.41, 5.74) is 0. The maximum atomic E-state index is 10.8. The Morgan fingerprint density at radius 1 is 1.33 bits per heavy atom. The first-order valence-corrected chi connectivity index (χ1v) is 5.77. The predicted octanol–water partition coefficient (Wildman–Crippen LogP) is 0.735. The molecule has 1 aliphatic heterocycles. The Balaban J connectivity index is 2.21. The number of aliphatic carboxylic acids is 1. The van der Waals surface area contributed by atoms with Gasteiger partial charge in [0.1, 0.15) is 0 Å². The quantitative estimate of drug-likeness (QED) is 0.733. The van der Waals surface area contributed by atoms with Gasteiger partial charge in [0.05, 0.1) is 5.92 Å². The molecule has 0 aliphatic carbocycles. The maximum Gasteiger partial charge on any atom is 0.306 e. The number of hydrogen-bond donors (Lipinski definition) is 1. The van der Waals surface area contributed by atoms with Crippen LogP contribution in [-0.4, -0.2) is 60.6 Å². The van der Waals surface area contributed by atoms with E-state index in [2.05, 4.69) is 16.8 Å². The molecule has 88 valence electrons. The molecule has 15 heavy (non-hydrogen) atoms. The number of nitrogens with zero attached hydrogens (tertiary/aromatic N) is 2. The highest BCUT2D eigenvalue weighted by Gasteiger charge is 2.18. The molecule has 1 saturated heterocycles. The molecule has 4 nitrogen and oxygen atoms in total. The molecular weight excluding hydrogens is 192 g/mol. The van der Waals surface area contributed by atoms with Crippen molar-refractivity contribution in [2.24, 2.45) is 5.92 Å². The summed E-state index contributed by atoms with van der Waals surface area (Å²) in [6, 6.07) is 0. The van der Waals surface area contributed by atoms with E-state index in [0.717, 1.165) is 45.6 Å². The standard InChI is InChI=1S/C11H22N2O2/c1-3-10(11(14)15)4-5-13-8-6-12(2)7-9-13/h10H,3-9H2,1-2H3,(H,14,15). The van der Waals surface area contributed by atoms with E-state index in [4.69, 9.17) is 5.11 Å². The number of carboxylic acids is 1. The Labute approximate surface area is 91.9 Å². The third-order valence-corrected chi connectivity index (χ3v) is 3.23. The molecule has 1 aliphatic rings. The first-order chi connectivity index (χ1) is 7.13. The lowest BCUT2D eigenvalue weighted by Gasteiger charge is -2.32. The lowest BCUT2D eigenvalue weighted by atomic mass is 10.0. The van der Waals surface area contributed by atoms with Gasteiger partial charge in [-0.05, 0) is 26.4 Å². The maximum absolute atomic E-state index is 10.8. The zero-order valence-electron chi connectivity index (χ0n) is 9.78. The fraction of sp³-hybridized carbons (Fsp3) is 0.909. The van der Waals surface area contributed by atoms with Crippen molar-refractivity contribution >= 4 is 5.97 Å². The minimum absolute atomic E-state index is 0.162. The molecular formula is C11H22N2O2. The monoisotopic (exact) mass is 214 g/mol. The zero-order valence-corrected chi connectivity index (χ0v) is 9.78. The largest absolute Gasteiger partial charge is 0.481 e. The number of piperazine rings is 1. The van der Waals surface area contributed by atoms with Gasteiger partial charge in [0.15, 0.2) is 0 Å². The van der Waals surface area contributed by atoms with Crippen molar-refractivity contribution < 1.29 is 9.90 Å². The molecule has 0 aromatic carbocycles. The number of carboxylic acid groups (broad SMARTS) is 1. The lowest BCUT2D eigenvalue weighted by molar-refractivity contribution is -0.142. The molecule has 1 atom stereocenters. The highest BCUT2D eigenvalue weighted by Crippen LogP contribution is 2.10. The van der Waals surface area contributed by atoms with Crippen molar-refractivity contribution in [1.29, 1.82) is 0 Å². The first-order valence-electron chi connectivity index (χ1n) is 5.77. The molecule has 0 bridgehead atoms. The van der Waals surface area contributed by atoms with Gasteiger partial charge in [0, 0.05) is 26.2 Å². The second-order valence-corrected chi connectivity index (χ2v) is 4.38. The Kier molecular flexibility index (Phi) is 5.05. The molecule has 4 heteroatoms. The lowest BCUT2D eigenvalue weighted by Crippen LogP contribution is -2.45. The van der Waals surface area contributed by atoms with Crippen LogP contribution in [0.25, 0.3) is 0 Å². The average Bonchev–Trinajstić information content (AvgIpc) is 2.21. The van der Waals surface area contributed by atoms with Crippen LogP contribution in [0.2, 0.25) is 0 Å². The smallest absolute Gasteiger partial charge is 0.306 e. The Morgan fingerprint density at radius 3 is 2.40 bits per heavy atom. The van der Waals surface area contributed by atoms with Gasteiger partial charge in [-0.3, -0.25) is 4.79 Å². The molecule has 0 spiro atoms. The predicted molar refractivity (Wildman–Crippen MR) is 60.0 cm³/mol. The molecule has 1 fully saturated rings. The van der Waals surface area contributed by atoms with Crippen molar-refractivity contribution in [1.82, 2.24) is 9.80 Å². The summed E-state index contributed by atoms with van der Waals surface area (Å²) in [6.07, 6.45) is 1.53. The van der Waals surface area contributed by atoms with Gasteiger partial charge >= 0.3 is 5.97 Å². The van der Waals surface area contributed by atoms with Gasteiger partial charge < -0.3 is 14.9 Å². The van der Waals surface area contributed by atoms with E-state index in [9.17, 15) is 4.79 Å². The minimum atomic E-state index is -0.647. The minimum Gasteiger partial charge on any atom is -0.481 e. The van der Waals surface area contributed by atoms with Crippen molar-refractivity contribution in [3.8, 4) is 0 Å². The third kappa shape index (κ3) is 4.18. The second-order valence-electron chi connectivity index (χ2n) is 4.38. The van der Waals surface area contributed by atoms with Crippen LogP contribution in [0.3, 0.4) is 0 Å². The van der Waals surface area contributed by atoms with E-state index in [1.165, 1.54) is 0 Å². The van der Waals surface area contributed by atoms with E-state index in [1.54, 1.807) is 0 Å². The molecule has 0 aromatic heterocycles. The van der Waals surface area contributed by atoms with Crippen molar-refractivity contribution in [2.75, 3.05) is 39.8 Å². The van der Waals surface area contributed by atoms with Crippen LogP contribution >= 0.6 is 0 Å². The summed E-state index contributed by atoms with van der Waals surface area (Å²) >= 11 is 0. The molecule has 0 saturated carbocycles. The normalized spacial score (nSPS) is 21.5. The van der Waals surface area contributed by atoms with E-state index < -0.39 is 5.97 Å². The average molecular weight is 214 g/mol. The van der Waals surface area contributed by atoms with E-state index in [1.807, 2.05) is 6.92 Å². The molecule has 1 heterocycles. The molecule has 1 rings (SSSR count). The van der Waals surface area contributed by atoms with Crippen LogP contribution in [0.1, 0.15) is 19.8 Å². The van der Waals surface area contributed by atoms with Crippen LogP contribution in [0.5, 0.6) is 0 Å². The highest BCUT2D eigenvalue weighted by molar-refractivity contribution is 5.69. The van der Waals surface area contributed by atoms with Crippen LogP contribution in [0, 0.1) is 5.92 Å². The molecule has 0 amide bonds. The van der Waals surface area contributed by atoms with Gasteiger partial charge in [-0.25, -0.2) is 0 Å². The van der Waals surface area contributed by atoms with Gasteiger partial charge in [-0.15, -0.1) is 0 Å². The van der Waals surface area contributed by atoms with Crippen LogP contribution in [0.15, 0.2) is 0 Å². The summed E-state index contributed by atoms with van der Waals surface area (Å²) < 4.78 is 0. The first kappa shape index (κ1) is 12.5. The second kappa shape index (κ2) is 6.08. The summed E-state index contributed by atoms with van der Waals surface area (Å²) in [7, 11) is 2.13. The summed E-state index contributed by atoms with van der Waals surface area (Å²) in [6.45, 7) is 7.23. The summed E-state index contributed by atoms with van der Waals surface area (Å²) in [5, 5.41) is 8.92. The summed E-state index contributed by atoms with van der Waals surface area (Å²) in [4.78, 5) is 15.5. The topological polar surface area (TPSA) is 43.8 Å². The van der Waals surface area contributed by atoms with Crippen molar-refractivity contribution in [2.45, 2.75) is 19.8 Å². The third-order valence-electron chi connectivity index (χ3n) is 3.23. The number of hydrogen-bond acceptors (Lipinski definition) is 3. The van der Waals surface area contributed by atoms with Gasteiger partial charge in [-0.2, -0.15) is 0 Å². The number of likely N-dealkylation sites (N-methyl/N-ethyl adjacent to an activating group) is 1. The van der Waals surface area contributed by atoms with Gasteiger partial charge in [-0.1, -0.05) is 6.92 Å². The zero-order chi connectivity index (χ0) is 11.3.